The minimum atomic E-state index is 0.490. The second-order valence-electron chi connectivity index (χ2n) is 3.46. The molecule has 0 nitrogen and oxygen atoms in total. The van der Waals surface area contributed by atoms with Gasteiger partial charge in [0.05, 0.1) is 0 Å². The van der Waals surface area contributed by atoms with Crippen molar-refractivity contribution in [2.45, 2.75) is 23.5 Å². The molecule has 1 heterocycles. The van der Waals surface area contributed by atoms with Crippen molar-refractivity contribution >= 4 is 15.0 Å². The van der Waals surface area contributed by atoms with E-state index < -0.39 is 0 Å². The van der Waals surface area contributed by atoms with Crippen molar-refractivity contribution in [2.24, 2.45) is 0 Å². The fourth-order valence-electron chi connectivity index (χ4n) is 1.57. The summed E-state index contributed by atoms with van der Waals surface area (Å²) in [5.41, 5.74) is 3.16. The van der Waals surface area contributed by atoms with Crippen LogP contribution < -0.4 is 0 Å². The van der Waals surface area contributed by atoms with Crippen LogP contribution in [0.2, 0.25) is 0 Å². The fourth-order valence-corrected chi connectivity index (χ4v) is 3.92. The molecule has 58 valence electrons. The SMILES string of the molecule is CC1(C)[Se]Cc2ccccc21. The van der Waals surface area contributed by atoms with Gasteiger partial charge in [0, 0.05) is 0 Å². The van der Waals surface area contributed by atoms with Crippen molar-refractivity contribution in [1.29, 1.82) is 0 Å². The average molecular weight is 211 g/mol. The van der Waals surface area contributed by atoms with Gasteiger partial charge in [-0.2, -0.15) is 0 Å². The molecule has 0 amide bonds. The van der Waals surface area contributed by atoms with Crippen LogP contribution in [-0.4, -0.2) is 15.0 Å². The zero-order chi connectivity index (χ0) is 7.90. The Kier molecular flexibility index (Phi) is 1.59. The van der Waals surface area contributed by atoms with Gasteiger partial charge < -0.3 is 0 Å². The number of hydrogen-bond acceptors (Lipinski definition) is 0. The summed E-state index contributed by atoms with van der Waals surface area (Å²) < 4.78 is 0.490. The molecule has 1 aromatic carbocycles. The summed E-state index contributed by atoms with van der Waals surface area (Å²) in [7, 11) is 0. The van der Waals surface area contributed by atoms with Crippen LogP contribution in [-0.2, 0) is 9.63 Å². The number of hydrogen-bond donors (Lipinski definition) is 0. The third-order valence-corrected chi connectivity index (χ3v) is 5.19. The van der Waals surface area contributed by atoms with Crippen molar-refractivity contribution in [2.75, 3.05) is 0 Å². The second kappa shape index (κ2) is 2.36. The van der Waals surface area contributed by atoms with Crippen LogP contribution >= 0.6 is 0 Å². The van der Waals surface area contributed by atoms with E-state index in [2.05, 4.69) is 38.1 Å². The number of fused-ring (bicyclic) bond motifs is 1. The third-order valence-electron chi connectivity index (χ3n) is 2.25. The molecule has 0 saturated carbocycles. The van der Waals surface area contributed by atoms with E-state index in [1.165, 1.54) is 5.32 Å². The zero-order valence-corrected chi connectivity index (χ0v) is 8.64. The minimum absolute atomic E-state index is 0.490. The Bertz CT molecular complexity index is 276. The van der Waals surface area contributed by atoms with Crippen LogP contribution in [0.5, 0.6) is 0 Å². The molecule has 0 saturated heterocycles. The summed E-state index contributed by atoms with van der Waals surface area (Å²) in [6.45, 7) is 4.72. The summed E-state index contributed by atoms with van der Waals surface area (Å²) in [6.07, 6.45) is 0. The van der Waals surface area contributed by atoms with Crippen molar-refractivity contribution in [3.63, 3.8) is 0 Å². The molecule has 0 aliphatic carbocycles. The van der Waals surface area contributed by atoms with Gasteiger partial charge in [-0.25, -0.2) is 0 Å². The van der Waals surface area contributed by atoms with Crippen LogP contribution in [0.15, 0.2) is 24.3 Å². The van der Waals surface area contributed by atoms with Crippen LogP contribution in [0.1, 0.15) is 25.0 Å². The van der Waals surface area contributed by atoms with E-state index in [0.717, 1.165) is 15.0 Å². The van der Waals surface area contributed by atoms with Gasteiger partial charge in [-0.3, -0.25) is 0 Å². The summed E-state index contributed by atoms with van der Waals surface area (Å²) in [5, 5.41) is 1.33. The van der Waals surface area contributed by atoms with Gasteiger partial charge in [0.1, 0.15) is 0 Å². The van der Waals surface area contributed by atoms with Crippen molar-refractivity contribution in [3.8, 4) is 0 Å². The molecule has 2 rings (SSSR count). The van der Waals surface area contributed by atoms with Crippen LogP contribution in [0.25, 0.3) is 0 Å². The summed E-state index contributed by atoms with van der Waals surface area (Å²) in [5.74, 6) is 0. The van der Waals surface area contributed by atoms with Gasteiger partial charge in [-0.1, -0.05) is 0 Å². The predicted octanol–water partition coefficient (Wildman–Crippen LogP) is 2.14. The Labute approximate surface area is 74.2 Å². The van der Waals surface area contributed by atoms with Gasteiger partial charge in [-0.15, -0.1) is 0 Å². The van der Waals surface area contributed by atoms with Crippen LogP contribution in [0.4, 0.5) is 0 Å². The normalized spacial score (nSPS) is 19.8. The summed E-state index contributed by atoms with van der Waals surface area (Å²) >= 11 is 0.774. The molecule has 1 heteroatoms. The Hall–Kier alpha value is -0.261. The van der Waals surface area contributed by atoms with Gasteiger partial charge in [0.15, 0.2) is 0 Å². The molecule has 0 radical (unpaired) electrons. The Morgan fingerprint density at radius 2 is 2.00 bits per heavy atom. The first kappa shape index (κ1) is 7.39. The van der Waals surface area contributed by atoms with Crippen LogP contribution in [0.3, 0.4) is 0 Å². The summed E-state index contributed by atoms with van der Waals surface area (Å²) in [6, 6.07) is 8.86. The zero-order valence-electron chi connectivity index (χ0n) is 6.92. The molecular formula is C10H12Se. The van der Waals surface area contributed by atoms with E-state index in [9.17, 15) is 0 Å². The van der Waals surface area contributed by atoms with Crippen LogP contribution in [0, 0.1) is 0 Å². The van der Waals surface area contributed by atoms with Crippen molar-refractivity contribution in [3.05, 3.63) is 35.4 Å². The first-order chi connectivity index (χ1) is 5.20. The van der Waals surface area contributed by atoms with Crippen molar-refractivity contribution in [1.82, 2.24) is 0 Å². The van der Waals surface area contributed by atoms with Gasteiger partial charge in [0.2, 0.25) is 0 Å². The maximum absolute atomic E-state index is 2.36. The molecule has 0 N–H and O–H groups in total. The Morgan fingerprint density at radius 3 is 2.73 bits per heavy atom. The Balaban J connectivity index is 2.56. The van der Waals surface area contributed by atoms with E-state index in [1.54, 1.807) is 11.1 Å². The van der Waals surface area contributed by atoms with E-state index in [4.69, 9.17) is 0 Å². The standard InChI is InChI=1S/C10H12Se/c1-10(2)9-6-4-3-5-8(9)7-11-10/h3-6H,7H2,1-2H3. The van der Waals surface area contributed by atoms with Gasteiger partial charge in [0.25, 0.3) is 0 Å². The fraction of sp³-hybridized carbons (Fsp3) is 0.400. The molecule has 0 fully saturated rings. The second-order valence-corrected chi connectivity index (χ2v) is 6.81. The van der Waals surface area contributed by atoms with E-state index >= 15 is 0 Å². The molecule has 1 aliphatic rings. The molecule has 0 aromatic heterocycles. The molecular weight excluding hydrogens is 199 g/mol. The molecule has 0 bridgehead atoms. The number of benzene rings is 1. The van der Waals surface area contributed by atoms with E-state index in [1.807, 2.05) is 0 Å². The van der Waals surface area contributed by atoms with Crippen molar-refractivity contribution < 1.29 is 0 Å². The average Bonchev–Trinajstić information content (AvgIpc) is 2.29. The van der Waals surface area contributed by atoms with E-state index in [0.29, 0.717) is 4.31 Å². The van der Waals surface area contributed by atoms with E-state index in [-0.39, 0.29) is 0 Å². The monoisotopic (exact) mass is 212 g/mol. The first-order valence-electron chi connectivity index (χ1n) is 3.92. The Morgan fingerprint density at radius 1 is 1.27 bits per heavy atom. The topological polar surface area (TPSA) is 0 Å². The predicted molar refractivity (Wildman–Crippen MR) is 48.9 cm³/mol. The first-order valence-corrected chi connectivity index (χ1v) is 5.99. The molecule has 1 aromatic rings. The van der Waals surface area contributed by atoms with Gasteiger partial charge in [-0.05, 0) is 0 Å². The molecule has 11 heavy (non-hydrogen) atoms. The number of rotatable bonds is 0. The summed E-state index contributed by atoms with van der Waals surface area (Å²) in [4.78, 5) is 0. The maximum atomic E-state index is 2.36. The molecule has 1 aliphatic heterocycles. The molecule has 0 unspecified atom stereocenters. The molecule has 0 atom stereocenters. The quantitative estimate of drug-likeness (QED) is 0.577. The molecule has 0 spiro atoms. The van der Waals surface area contributed by atoms with Gasteiger partial charge >= 0.3 is 73.8 Å². The third kappa shape index (κ3) is 1.13.